The van der Waals surface area contributed by atoms with Crippen molar-refractivity contribution in [1.82, 2.24) is 4.72 Å². The molecule has 20 heavy (non-hydrogen) atoms. The van der Waals surface area contributed by atoms with Crippen molar-refractivity contribution in [3.63, 3.8) is 0 Å². The van der Waals surface area contributed by atoms with E-state index in [-0.39, 0.29) is 0 Å². The largest absolute Gasteiger partial charge is 0.373 e. The molecule has 3 N–H and O–H groups in total. The highest BCUT2D eigenvalue weighted by molar-refractivity contribution is 7.89. The Balaban J connectivity index is 2.19. The number of nitrogens with zero attached hydrogens (tertiary/aromatic N) is 1. The fourth-order valence-electron chi connectivity index (χ4n) is 2.69. The molecule has 1 saturated carbocycles. The van der Waals surface area contributed by atoms with Crippen LogP contribution in [0.2, 0.25) is 0 Å². The molecular weight excluding hydrogens is 274 g/mol. The van der Waals surface area contributed by atoms with Crippen LogP contribution in [0, 0.1) is 5.92 Å². The van der Waals surface area contributed by atoms with Crippen LogP contribution in [-0.2, 0) is 10.0 Å². The predicted octanol–water partition coefficient (Wildman–Crippen LogP) is 1.16. The van der Waals surface area contributed by atoms with Crippen LogP contribution in [0.25, 0.3) is 0 Å². The van der Waals surface area contributed by atoms with Crippen LogP contribution < -0.4 is 15.4 Å². The van der Waals surface area contributed by atoms with Crippen molar-refractivity contribution in [3.8, 4) is 0 Å². The molecule has 2 rings (SSSR count). The number of benzene rings is 1. The summed E-state index contributed by atoms with van der Waals surface area (Å²) < 4.78 is 27.0. The van der Waals surface area contributed by atoms with Gasteiger partial charge in [0, 0.05) is 26.2 Å². The van der Waals surface area contributed by atoms with Crippen LogP contribution in [-0.4, -0.2) is 34.6 Å². The molecule has 1 aromatic rings. The van der Waals surface area contributed by atoms with Gasteiger partial charge in [0.1, 0.15) is 4.90 Å². The van der Waals surface area contributed by atoms with Crippen LogP contribution in [0.3, 0.4) is 0 Å². The molecule has 0 amide bonds. The third kappa shape index (κ3) is 3.31. The summed E-state index contributed by atoms with van der Waals surface area (Å²) in [6.45, 7) is 3.00. The van der Waals surface area contributed by atoms with Gasteiger partial charge in [-0.1, -0.05) is 19.1 Å². The van der Waals surface area contributed by atoms with E-state index in [1.807, 2.05) is 24.1 Å². The third-order valence-corrected chi connectivity index (χ3v) is 5.30. The van der Waals surface area contributed by atoms with E-state index < -0.39 is 10.0 Å². The molecule has 0 bridgehead atoms. The van der Waals surface area contributed by atoms with Gasteiger partial charge >= 0.3 is 0 Å². The van der Waals surface area contributed by atoms with E-state index in [1.165, 1.54) is 0 Å². The van der Waals surface area contributed by atoms with Crippen molar-refractivity contribution in [1.29, 1.82) is 0 Å². The number of nitrogens with one attached hydrogen (secondary N) is 1. The van der Waals surface area contributed by atoms with E-state index >= 15 is 0 Å². The number of hydrogen-bond acceptors (Lipinski definition) is 4. The van der Waals surface area contributed by atoms with Crippen LogP contribution in [0.4, 0.5) is 5.69 Å². The highest BCUT2D eigenvalue weighted by Crippen LogP contribution is 2.30. The Labute approximate surface area is 121 Å². The van der Waals surface area contributed by atoms with Crippen molar-refractivity contribution >= 4 is 15.7 Å². The maximum atomic E-state index is 12.2. The molecule has 0 saturated heterocycles. The van der Waals surface area contributed by atoms with Gasteiger partial charge in [-0.2, -0.15) is 0 Å². The molecule has 6 heteroatoms. The number of sulfonamides is 1. The molecule has 0 aromatic heterocycles. The van der Waals surface area contributed by atoms with Gasteiger partial charge < -0.3 is 10.6 Å². The van der Waals surface area contributed by atoms with Crippen LogP contribution in [0.1, 0.15) is 19.8 Å². The average molecular weight is 297 g/mol. The van der Waals surface area contributed by atoms with E-state index in [1.54, 1.807) is 19.1 Å². The second-order valence-electron chi connectivity index (χ2n) is 5.45. The second kappa shape index (κ2) is 6.11. The average Bonchev–Trinajstić information content (AvgIpc) is 2.37. The molecule has 5 nitrogen and oxygen atoms in total. The highest BCUT2D eigenvalue weighted by atomic mass is 32.2. The van der Waals surface area contributed by atoms with Gasteiger partial charge in [0.15, 0.2) is 0 Å². The minimum Gasteiger partial charge on any atom is -0.373 e. The molecule has 1 aliphatic carbocycles. The summed E-state index contributed by atoms with van der Waals surface area (Å²) in [5.74, 6) is 0.560. The Bertz CT molecular complexity index is 553. The summed E-state index contributed by atoms with van der Waals surface area (Å²) >= 11 is 0. The Morgan fingerprint density at radius 3 is 2.60 bits per heavy atom. The van der Waals surface area contributed by atoms with Crippen molar-refractivity contribution in [3.05, 3.63) is 24.3 Å². The summed E-state index contributed by atoms with van der Waals surface area (Å²) in [5.41, 5.74) is 6.54. The standard InChI is InChI=1S/C14H23N3O2S/c1-3-16-20(18,19)14-7-5-4-6-13(14)17(2)10-11-8-12(15)9-11/h4-7,11-12,16H,3,8-10,15H2,1-2H3. The van der Waals surface area contributed by atoms with Crippen LogP contribution in [0.5, 0.6) is 0 Å². The number of para-hydroxylation sites is 1. The minimum atomic E-state index is -3.44. The number of hydrogen-bond donors (Lipinski definition) is 2. The third-order valence-electron chi connectivity index (χ3n) is 3.70. The molecular formula is C14H23N3O2S. The lowest BCUT2D eigenvalue weighted by atomic mass is 9.80. The summed E-state index contributed by atoms with van der Waals surface area (Å²) in [6.07, 6.45) is 2.04. The van der Waals surface area contributed by atoms with Crippen molar-refractivity contribution in [2.45, 2.75) is 30.7 Å². The molecule has 112 valence electrons. The van der Waals surface area contributed by atoms with Gasteiger partial charge in [-0.15, -0.1) is 0 Å². The summed E-state index contributed by atoms with van der Waals surface area (Å²) in [6, 6.07) is 7.43. The van der Waals surface area contributed by atoms with E-state index in [0.717, 1.165) is 25.1 Å². The van der Waals surface area contributed by atoms with E-state index in [9.17, 15) is 8.42 Å². The summed E-state index contributed by atoms with van der Waals surface area (Å²) in [5, 5.41) is 0. The molecule has 0 aliphatic heterocycles. The summed E-state index contributed by atoms with van der Waals surface area (Å²) in [7, 11) is -1.50. The Hall–Kier alpha value is -1.11. The number of rotatable bonds is 6. The monoisotopic (exact) mass is 297 g/mol. The zero-order valence-electron chi connectivity index (χ0n) is 12.0. The SMILES string of the molecule is CCNS(=O)(=O)c1ccccc1N(C)CC1CC(N)C1. The Morgan fingerprint density at radius 1 is 1.35 bits per heavy atom. The Morgan fingerprint density at radius 2 is 2.00 bits per heavy atom. The zero-order chi connectivity index (χ0) is 14.8. The van der Waals surface area contributed by atoms with E-state index in [0.29, 0.717) is 23.4 Å². The van der Waals surface area contributed by atoms with Gasteiger partial charge in [-0.3, -0.25) is 0 Å². The first-order valence-electron chi connectivity index (χ1n) is 6.99. The normalized spacial score (nSPS) is 22.4. The smallest absolute Gasteiger partial charge is 0.242 e. The van der Waals surface area contributed by atoms with Crippen LogP contribution >= 0.6 is 0 Å². The Kier molecular flexibility index (Phi) is 4.67. The fourth-order valence-corrected chi connectivity index (χ4v) is 3.98. The molecule has 1 aliphatic rings. The fraction of sp³-hybridized carbons (Fsp3) is 0.571. The van der Waals surface area contributed by atoms with Gasteiger partial charge in [0.2, 0.25) is 10.0 Å². The minimum absolute atomic E-state index is 0.314. The topological polar surface area (TPSA) is 75.4 Å². The molecule has 0 atom stereocenters. The highest BCUT2D eigenvalue weighted by Gasteiger charge is 2.28. The van der Waals surface area contributed by atoms with Gasteiger partial charge in [-0.05, 0) is 30.9 Å². The van der Waals surface area contributed by atoms with Crippen LogP contribution in [0.15, 0.2) is 29.2 Å². The van der Waals surface area contributed by atoms with Gasteiger partial charge in [-0.25, -0.2) is 13.1 Å². The quantitative estimate of drug-likeness (QED) is 0.826. The van der Waals surface area contributed by atoms with E-state index in [2.05, 4.69) is 4.72 Å². The molecule has 0 heterocycles. The molecule has 0 radical (unpaired) electrons. The van der Waals surface area contributed by atoms with E-state index in [4.69, 9.17) is 5.73 Å². The number of anilines is 1. The first kappa shape index (κ1) is 15.3. The first-order valence-corrected chi connectivity index (χ1v) is 8.47. The number of nitrogens with two attached hydrogens (primary N) is 1. The van der Waals surface area contributed by atoms with Crippen molar-refractivity contribution in [2.24, 2.45) is 11.7 Å². The molecule has 1 fully saturated rings. The molecule has 0 spiro atoms. The van der Waals surface area contributed by atoms with Gasteiger partial charge in [0.25, 0.3) is 0 Å². The van der Waals surface area contributed by atoms with Crippen molar-refractivity contribution < 1.29 is 8.42 Å². The van der Waals surface area contributed by atoms with Gasteiger partial charge in [0.05, 0.1) is 5.69 Å². The second-order valence-corrected chi connectivity index (χ2v) is 7.18. The lowest BCUT2D eigenvalue weighted by molar-refractivity contribution is 0.271. The summed E-state index contributed by atoms with van der Waals surface area (Å²) in [4.78, 5) is 2.36. The predicted molar refractivity (Wildman–Crippen MR) is 81.3 cm³/mol. The molecule has 0 unspecified atom stereocenters. The van der Waals surface area contributed by atoms with Crippen molar-refractivity contribution in [2.75, 3.05) is 25.0 Å². The lowest BCUT2D eigenvalue weighted by Crippen LogP contribution is -2.42. The lowest BCUT2D eigenvalue weighted by Gasteiger charge is -2.36. The zero-order valence-corrected chi connectivity index (χ0v) is 12.9. The maximum absolute atomic E-state index is 12.2. The maximum Gasteiger partial charge on any atom is 0.242 e. The molecule has 1 aromatic carbocycles. The first-order chi connectivity index (χ1) is 9.44.